The number of ether oxygens (including phenoxy) is 2. The molecule has 1 aromatic carbocycles. The van der Waals surface area contributed by atoms with Crippen LogP contribution in [0.2, 0.25) is 0 Å². The van der Waals surface area contributed by atoms with E-state index in [1.165, 1.54) is 28.6 Å². The van der Waals surface area contributed by atoms with Crippen LogP contribution in [0.1, 0.15) is 25.8 Å². The van der Waals surface area contributed by atoms with Crippen LogP contribution in [-0.2, 0) is 39.9 Å². The van der Waals surface area contributed by atoms with E-state index in [4.69, 9.17) is 9.47 Å². The van der Waals surface area contributed by atoms with Crippen LogP contribution in [0, 0.1) is 0 Å². The average molecular weight is 463 g/mol. The van der Waals surface area contributed by atoms with Crippen LogP contribution in [0.5, 0.6) is 0 Å². The molecule has 1 aliphatic rings. The molecule has 0 aliphatic carbocycles. The maximum absolute atomic E-state index is 12.7. The van der Waals surface area contributed by atoms with Gasteiger partial charge in [0.2, 0.25) is 15.9 Å². The first-order valence-electron chi connectivity index (χ1n) is 9.86. The highest BCUT2D eigenvalue weighted by Gasteiger charge is 2.27. The smallest absolute Gasteiger partial charge is 0.243 e. The second-order valence-electron chi connectivity index (χ2n) is 7.32. The SMILES string of the molecule is CC(C)OCCCNC(=O)CS(=O)(=O)Cc1cccc(S(=O)(=O)N2CCOCC2)c1. The zero-order valence-electron chi connectivity index (χ0n) is 17.4. The first-order chi connectivity index (χ1) is 14.1. The van der Waals surface area contributed by atoms with Gasteiger partial charge in [0.05, 0.1) is 30.0 Å². The lowest BCUT2D eigenvalue weighted by molar-refractivity contribution is -0.118. The minimum absolute atomic E-state index is 0.0340. The van der Waals surface area contributed by atoms with Crippen LogP contribution >= 0.6 is 0 Å². The zero-order chi connectivity index (χ0) is 22.2. The number of morpholine rings is 1. The van der Waals surface area contributed by atoms with Gasteiger partial charge in [-0.05, 0) is 38.0 Å². The fourth-order valence-corrected chi connectivity index (χ4v) is 5.68. The fourth-order valence-electron chi connectivity index (χ4n) is 2.91. The van der Waals surface area contributed by atoms with E-state index >= 15 is 0 Å². The highest BCUT2D eigenvalue weighted by molar-refractivity contribution is 7.91. The van der Waals surface area contributed by atoms with Gasteiger partial charge < -0.3 is 14.8 Å². The van der Waals surface area contributed by atoms with E-state index < -0.39 is 37.3 Å². The summed E-state index contributed by atoms with van der Waals surface area (Å²) in [6, 6.07) is 5.83. The van der Waals surface area contributed by atoms with E-state index in [0.717, 1.165) is 0 Å². The lowest BCUT2D eigenvalue weighted by atomic mass is 10.2. The van der Waals surface area contributed by atoms with Crippen molar-refractivity contribution < 1.29 is 31.1 Å². The summed E-state index contributed by atoms with van der Waals surface area (Å²) in [5, 5.41) is 2.56. The Hall–Kier alpha value is -1.53. The van der Waals surface area contributed by atoms with Gasteiger partial charge in [-0.3, -0.25) is 4.79 Å². The van der Waals surface area contributed by atoms with Crippen LogP contribution < -0.4 is 5.32 Å². The molecule has 1 amide bonds. The number of carbonyl (C=O) groups excluding carboxylic acids is 1. The highest BCUT2D eigenvalue weighted by Crippen LogP contribution is 2.19. The summed E-state index contributed by atoms with van der Waals surface area (Å²) >= 11 is 0. The molecule has 30 heavy (non-hydrogen) atoms. The molecule has 0 aromatic heterocycles. The number of sulfonamides is 1. The topological polar surface area (TPSA) is 119 Å². The van der Waals surface area contributed by atoms with Gasteiger partial charge in [0, 0.05) is 26.2 Å². The normalized spacial score (nSPS) is 16.0. The number of carbonyl (C=O) groups is 1. The van der Waals surface area contributed by atoms with Gasteiger partial charge in [-0.1, -0.05) is 12.1 Å². The number of rotatable bonds is 11. The minimum Gasteiger partial charge on any atom is -0.379 e. The van der Waals surface area contributed by atoms with Gasteiger partial charge in [0.1, 0.15) is 5.75 Å². The monoisotopic (exact) mass is 462 g/mol. The number of benzene rings is 1. The summed E-state index contributed by atoms with van der Waals surface area (Å²) < 4.78 is 62.1. The molecule has 1 heterocycles. The van der Waals surface area contributed by atoms with Gasteiger partial charge >= 0.3 is 0 Å². The predicted octanol–water partition coefficient (Wildman–Crippen LogP) is 0.554. The largest absolute Gasteiger partial charge is 0.379 e. The standard InChI is InChI=1S/C19H30N2O7S2/c1-16(2)28-10-4-7-20-19(22)15-29(23,24)14-17-5-3-6-18(13-17)30(25,26)21-8-11-27-12-9-21/h3,5-6,13,16H,4,7-12,14-15H2,1-2H3,(H,20,22). The molecule has 0 spiro atoms. The molecule has 0 radical (unpaired) electrons. The van der Waals surface area contributed by atoms with Crippen LogP contribution in [-0.4, -0.2) is 78.4 Å². The summed E-state index contributed by atoms with van der Waals surface area (Å²) in [6.45, 7) is 5.79. The lowest BCUT2D eigenvalue weighted by Gasteiger charge is -2.26. The van der Waals surface area contributed by atoms with Crippen molar-refractivity contribution in [3.63, 3.8) is 0 Å². The molecule has 0 atom stereocenters. The molecular weight excluding hydrogens is 432 g/mol. The highest BCUT2D eigenvalue weighted by atomic mass is 32.2. The number of nitrogens with one attached hydrogen (secondary N) is 1. The number of nitrogens with zero attached hydrogens (tertiary/aromatic N) is 1. The van der Waals surface area contributed by atoms with Crippen LogP contribution in [0.4, 0.5) is 0 Å². The van der Waals surface area contributed by atoms with E-state index in [1.807, 2.05) is 13.8 Å². The predicted molar refractivity (Wildman–Crippen MR) is 112 cm³/mol. The Labute approximate surface area is 178 Å². The van der Waals surface area contributed by atoms with Crippen LogP contribution in [0.3, 0.4) is 0 Å². The maximum Gasteiger partial charge on any atom is 0.243 e. The Balaban J connectivity index is 1.93. The first kappa shape index (κ1) is 24.7. The van der Waals surface area contributed by atoms with E-state index in [2.05, 4.69) is 5.32 Å². The van der Waals surface area contributed by atoms with Crippen molar-refractivity contribution in [2.24, 2.45) is 0 Å². The molecule has 170 valence electrons. The second kappa shape index (κ2) is 11.2. The van der Waals surface area contributed by atoms with E-state index in [9.17, 15) is 21.6 Å². The van der Waals surface area contributed by atoms with E-state index in [-0.39, 0.29) is 24.1 Å². The molecule has 9 nitrogen and oxygen atoms in total. The van der Waals surface area contributed by atoms with Crippen molar-refractivity contribution in [1.29, 1.82) is 0 Å². The van der Waals surface area contributed by atoms with Gasteiger partial charge in [-0.25, -0.2) is 16.8 Å². The molecule has 1 fully saturated rings. The van der Waals surface area contributed by atoms with Crippen molar-refractivity contribution in [3.05, 3.63) is 29.8 Å². The van der Waals surface area contributed by atoms with Crippen molar-refractivity contribution in [3.8, 4) is 0 Å². The molecule has 11 heteroatoms. The van der Waals surface area contributed by atoms with Crippen molar-refractivity contribution >= 4 is 25.8 Å². The number of amides is 1. The van der Waals surface area contributed by atoms with Gasteiger partial charge in [-0.2, -0.15) is 4.31 Å². The molecule has 0 saturated carbocycles. The third-order valence-electron chi connectivity index (χ3n) is 4.34. The van der Waals surface area contributed by atoms with Crippen molar-refractivity contribution in [2.75, 3.05) is 45.2 Å². The Bertz CT molecular complexity index is 909. The molecule has 1 aliphatic heterocycles. The van der Waals surface area contributed by atoms with Gasteiger partial charge in [-0.15, -0.1) is 0 Å². The second-order valence-corrected chi connectivity index (χ2v) is 11.3. The molecule has 1 saturated heterocycles. The Kier molecular flexibility index (Phi) is 9.23. The van der Waals surface area contributed by atoms with E-state index in [1.54, 1.807) is 0 Å². The Morgan fingerprint density at radius 3 is 2.57 bits per heavy atom. The minimum atomic E-state index is -3.75. The molecule has 1 N–H and O–H groups in total. The fraction of sp³-hybridized carbons (Fsp3) is 0.632. The third kappa shape index (κ3) is 7.95. The Morgan fingerprint density at radius 2 is 1.90 bits per heavy atom. The summed E-state index contributed by atoms with van der Waals surface area (Å²) in [5.41, 5.74) is 0.322. The van der Waals surface area contributed by atoms with Gasteiger partial charge in [0.25, 0.3) is 0 Å². The molecule has 0 unspecified atom stereocenters. The van der Waals surface area contributed by atoms with Gasteiger partial charge in [0.15, 0.2) is 9.84 Å². The average Bonchev–Trinajstić information content (AvgIpc) is 2.67. The third-order valence-corrected chi connectivity index (χ3v) is 7.71. The zero-order valence-corrected chi connectivity index (χ0v) is 19.0. The van der Waals surface area contributed by atoms with E-state index in [0.29, 0.717) is 38.3 Å². The summed E-state index contributed by atoms with van der Waals surface area (Å²) in [4.78, 5) is 12.0. The quantitative estimate of drug-likeness (QED) is 0.477. The summed E-state index contributed by atoms with van der Waals surface area (Å²) in [6.07, 6.45) is 0.690. The van der Waals surface area contributed by atoms with Crippen molar-refractivity contribution in [1.82, 2.24) is 9.62 Å². The lowest BCUT2D eigenvalue weighted by Crippen LogP contribution is -2.40. The molecule has 0 bridgehead atoms. The number of sulfone groups is 1. The number of hydrogen-bond acceptors (Lipinski definition) is 7. The van der Waals surface area contributed by atoms with Crippen molar-refractivity contribution in [2.45, 2.75) is 37.0 Å². The van der Waals surface area contributed by atoms with Crippen LogP contribution in [0.25, 0.3) is 0 Å². The molecular formula is C19H30N2O7S2. The first-order valence-corrected chi connectivity index (χ1v) is 13.1. The molecule has 1 aromatic rings. The summed E-state index contributed by atoms with van der Waals surface area (Å²) in [5.74, 6) is -1.65. The maximum atomic E-state index is 12.7. The number of hydrogen-bond donors (Lipinski definition) is 1. The van der Waals surface area contributed by atoms with Crippen LogP contribution in [0.15, 0.2) is 29.2 Å². The Morgan fingerprint density at radius 1 is 1.20 bits per heavy atom. The molecule has 2 rings (SSSR count). The summed E-state index contributed by atoms with van der Waals surface area (Å²) in [7, 11) is -7.47.